The first-order chi connectivity index (χ1) is 10.1. The summed E-state index contributed by atoms with van der Waals surface area (Å²) >= 11 is 8.16. The molecule has 0 spiro atoms. The van der Waals surface area contributed by atoms with E-state index in [-0.39, 0.29) is 6.04 Å². The van der Waals surface area contributed by atoms with Gasteiger partial charge in [-0.1, -0.05) is 11.6 Å². The SMILES string of the molecule is CSCC(C)N(C)C(CN)c1cc(Cl)c2c(c1)OCCO2. The summed E-state index contributed by atoms with van der Waals surface area (Å²) in [4.78, 5) is 2.29. The summed E-state index contributed by atoms with van der Waals surface area (Å²) in [5, 5.41) is 0.589. The summed E-state index contributed by atoms with van der Waals surface area (Å²) in [5.41, 5.74) is 7.07. The van der Waals surface area contributed by atoms with Gasteiger partial charge in [0.2, 0.25) is 0 Å². The molecule has 4 nitrogen and oxygen atoms in total. The number of nitrogens with two attached hydrogens (primary N) is 1. The lowest BCUT2D eigenvalue weighted by atomic mass is 10.0. The molecule has 1 aromatic carbocycles. The monoisotopic (exact) mass is 330 g/mol. The highest BCUT2D eigenvalue weighted by atomic mass is 35.5. The number of likely N-dealkylation sites (N-methyl/N-ethyl adjacent to an activating group) is 1. The van der Waals surface area contributed by atoms with Crippen LogP contribution in [0.15, 0.2) is 12.1 Å². The van der Waals surface area contributed by atoms with Crippen molar-refractivity contribution < 1.29 is 9.47 Å². The van der Waals surface area contributed by atoms with Gasteiger partial charge in [-0.05, 0) is 37.9 Å². The molecule has 2 rings (SSSR count). The van der Waals surface area contributed by atoms with Crippen LogP contribution in [0.3, 0.4) is 0 Å². The van der Waals surface area contributed by atoms with Crippen LogP contribution in [-0.2, 0) is 0 Å². The molecule has 0 saturated heterocycles. The van der Waals surface area contributed by atoms with E-state index in [1.165, 1.54) is 0 Å². The zero-order chi connectivity index (χ0) is 15.4. The zero-order valence-corrected chi connectivity index (χ0v) is 14.3. The number of thioether (sulfide) groups is 1. The van der Waals surface area contributed by atoms with Crippen molar-refractivity contribution in [3.63, 3.8) is 0 Å². The van der Waals surface area contributed by atoms with Crippen LogP contribution >= 0.6 is 23.4 Å². The maximum Gasteiger partial charge on any atom is 0.179 e. The largest absolute Gasteiger partial charge is 0.486 e. The fraction of sp³-hybridized carbons (Fsp3) is 0.600. The molecular weight excluding hydrogens is 308 g/mol. The minimum absolute atomic E-state index is 0.112. The molecule has 0 radical (unpaired) electrons. The van der Waals surface area contributed by atoms with Crippen LogP contribution in [0, 0.1) is 0 Å². The molecule has 21 heavy (non-hydrogen) atoms. The van der Waals surface area contributed by atoms with Crippen molar-refractivity contribution >= 4 is 23.4 Å². The number of nitrogens with zero attached hydrogens (tertiary/aromatic N) is 1. The molecule has 0 aliphatic carbocycles. The average molecular weight is 331 g/mol. The number of fused-ring (bicyclic) bond motifs is 1. The Hall–Kier alpha value is -0.620. The van der Waals surface area contributed by atoms with Gasteiger partial charge < -0.3 is 15.2 Å². The first-order valence-electron chi connectivity index (χ1n) is 7.08. The number of hydrogen-bond acceptors (Lipinski definition) is 5. The number of ether oxygens (including phenoxy) is 2. The van der Waals surface area contributed by atoms with Gasteiger partial charge >= 0.3 is 0 Å². The molecule has 0 aromatic heterocycles. The van der Waals surface area contributed by atoms with Gasteiger partial charge in [0.25, 0.3) is 0 Å². The third-order valence-corrected chi connectivity index (χ3v) is 4.92. The molecule has 1 aliphatic rings. The van der Waals surface area contributed by atoms with Crippen molar-refractivity contribution in [2.24, 2.45) is 5.73 Å². The molecule has 0 fully saturated rings. The summed E-state index contributed by atoms with van der Waals surface area (Å²) < 4.78 is 11.2. The molecule has 2 N–H and O–H groups in total. The van der Waals surface area contributed by atoms with Crippen LogP contribution in [0.5, 0.6) is 11.5 Å². The molecule has 0 amide bonds. The van der Waals surface area contributed by atoms with Gasteiger partial charge in [0.05, 0.1) is 5.02 Å². The topological polar surface area (TPSA) is 47.7 Å². The number of benzene rings is 1. The third kappa shape index (κ3) is 3.77. The average Bonchev–Trinajstić information content (AvgIpc) is 2.48. The molecular formula is C15H23ClN2O2S. The third-order valence-electron chi connectivity index (χ3n) is 3.82. The maximum atomic E-state index is 6.33. The molecule has 2 atom stereocenters. The van der Waals surface area contributed by atoms with Crippen molar-refractivity contribution in [2.45, 2.75) is 19.0 Å². The Morgan fingerprint density at radius 1 is 1.38 bits per heavy atom. The highest BCUT2D eigenvalue weighted by Crippen LogP contribution is 2.40. The summed E-state index contributed by atoms with van der Waals surface area (Å²) in [6.07, 6.45) is 2.11. The van der Waals surface area contributed by atoms with Gasteiger partial charge in [-0.2, -0.15) is 11.8 Å². The predicted molar refractivity (Wildman–Crippen MR) is 89.8 cm³/mol. The van der Waals surface area contributed by atoms with E-state index in [1.807, 2.05) is 23.9 Å². The van der Waals surface area contributed by atoms with E-state index in [4.69, 9.17) is 26.8 Å². The molecule has 0 saturated carbocycles. The second-order valence-corrected chi connectivity index (χ2v) is 6.57. The Balaban J connectivity index is 2.27. The van der Waals surface area contributed by atoms with Gasteiger partial charge in [-0.15, -0.1) is 0 Å². The van der Waals surface area contributed by atoms with E-state index in [2.05, 4.69) is 25.1 Å². The van der Waals surface area contributed by atoms with Gasteiger partial charge in [-0.25, -0.2) is 0 Å². The van der Waals surface area contributed by atoms with Gasteiger partial charge in [0, 0.05) is 24.4 Å². The quantitative estimate of drug-likeness (QED) is 0.869. The highest BCUT2D eigenvalue weighted by molar-refractivity contribution is 7.98. The molecule has 1 aromatic rings. The van der Waals surface area contributed by atoms with E-state index in [0.29, 0.717) is 42.3 Å². The Labute approximate surface area is 135 Å². The highest BCUT2D eigenvalue weighted by Gasteiger charge is 2.24. The number of halogens is 1. The second-order valence-electron chi connectivity index (χ2n) is 5.25. The van der Waals surface area contributed by atoms with Crippen LogP contribution in [0.25, 0.3) is 0 Å². The summed E-state index contributed by atoms with van der Waals surface area (Å²) in [6.45, 7) is 3.83. The van der Waals surface area contributed by atoms with Crippen molar-refractivity contribution in [3.05, 3.63) is 22.7 Å². The Bertz CT molecular complexity index is 487. The minimum atomic E-state index is 0.112. The summed E-state index contributed by atoms with van der Waals surface area (Å²) in [7, 11) is 2.10. The standard InChI is InChI=1S/C15H23ClN2O2S/c1-10(9-21-3)18(2)13(8-17)11-6-12(16)15-14(7-11)19-4-5-20-15/h6-7,10,13H,4-5,8-9,17H2,1-3H3. The maximum absolute atomic E-state index is 6.33. The van der Waals surface area contributed by atoms with Crippen molar-refractivity contribution in [2.75, 3.05) is 38.8 Å². The van der Waals surface area contributed by atoms with Crippen LogP contribution < -0.4 is 15.2 Å². The van der Waals surface area contributed by atoms with E-state index in [0.717, 1.165) is 11.3 Å². The minimum Gasteiger partial charge on any atom is -0.486 e. The lowest BCUT2D eigenvalue weighted by Crippen LogP contribution is -2.38. The van der Waals surface area contributed by atoms with Crippen LogP contribution in [0.1, 0.15) is 18.5 Å². The first-order valence-corrected chi connectivity index (χ1v) is 8.85. The van der Waals surface area contributed by atoms with E-state index in [9.17, 15) is 0 Å². The van der Waals surface area contributed by atoms with Crippen LogP contribution in [0.4, 0.5) is 0 Å². The Morgan fingerprint density at radius 3 is 2.76 bits per heavy atom. The van der Waals surface area contributed by atoms with E-state index < -0.39 is 0 Å². The molecule has 0 bridgehead atoms. The summed E-state index contributed by atoms with van der Waals surface area (Å²) in [5.74, 6) is 2.42. The lowest BCUT2D eigenvalue weighted by Gasteiger charge is -2.33. The molecule has 6 heteroatoms. The first kappa shape index (κ1) is 16.7. The fourth-order valence-corrected chi connectivity index (χ4v) is 3.52. The van der Waals surface area contributed by atoms with Crippen LogP contribution in [-0.4, -0.2) is 49.8 Å². The number of hydrogen-bond donors (Lipinski definition) is 1. The van der Waals surface area contributed by atoms with E-state index in [1.54, 1.807) is 0 Å². The number of rotatable bonds is 6. The fourth-order valence-electron chi connectivity index (χ4n) is 2.53. The van der Waals surface area contributed by atoms with E-state index >= 15 is 0 Å². The van der Waals surface area contributed by atoms with Crippen LogP contribution in [0.2, 0.25) is 5.02 Å². The van der Waals surface area contributed by atoms with Gasteiger partial charge in [-0.3, -0.25) is 4.90 Å². The Morgan fingerprint density at radius 2 is 2.10 bits per heavy atom. The second kappa shape index (κ2) is 7.58. The molecule has 1 heterocycles. The normalized spacial score (nSPS) is 16.9. The van der Waals surface area contributed by atoms with Crippen molar-refractivity contribution in [1.29, 1.82) is 0 Å². The van der Waals surface area contributed by atoms with Crippen molar-refractivity contribution in [1.82, 2.24) is 4.90 Å². The predicted octanol–water partition coefficient (Wildman–Crippen LogP) is 2.79. The molecule has 118 valence electrons. The molecule has 1 aliphatic heterocycles. The Kier molecular flexibility index (Phi) is 6.05. The lowest BCUT2D eigenvalue weighted by molar-refractivity contribution is 0.169. The van der Waals surface area contributed by atoms with Gasteiger partial charge in [0.1, 0.15) is 13.2 Å². The molecule has 2 unspecified atom stereocenters. The smallest absolute Gasteiger partial charge is 0.179 e. The van der Waals surface area contributed by atoms with Gasteiger partial charge in [0.15, 0.2) is 11.5 Å². The summed E-state index contributed by atoms with van der Waals surface area (Å²) in [6, 6.07) is 4.48. The zero-order valence-electron chi connectivity index (χ0n) is 12.8. The van der Waals surface area contributed by atoms with Crippen molar-refractivity contribution in [3.8, 4) is 11.5 Å².